The lowest BCUT2D eigenvalue weighted by molar-refractivity contribution is -0.132. The molecule has 3 aromatic rings. The number of aromatic nitrogens is 1. The lowest BCUT2D eigenvalue weighted by Gasteiger charge is -2.23. The fourth-order valence-electron chi connectivity index (χ4n) is 3.43. The van der Waals surface area contributed by atoms with E-state index >= 15 is 0 Å². The number of nitrogens with one attached hydrogen (secondary N) is 1. The Bertz CT molecular complexity index is 902. The minimum atomic E-state index is -0.249. The number of hydrogen-bond acceptors (Lipinski definition) is 5. The van der Waals surface area contributed by atoms with Crippen molar-refractivity contribution in [2.24, 2.45) is 0 Å². The molecule has 0 spiro atoms. The molecule has 1 aliphatic heterocycles. The summed E-state index contributed by atoms with van der Waals surface area (Å²) in [6, 6.07) is 11.4. The Hall–Kier alpha value is -2.67. The Morgan fingerprint density at radius 2 is 2.15 bits per heavy atom. The number of furan rings is 1. The van der Waals surface area contributed by atoms with E-state index in [1.54, 1.807) is 23.5 Å². The van der Waals surface area contributed by atoms with Crippen molar-refractivity contribution in [3.05, 3.63) is 53.4 Å². The van der Waals surface area contributed by atoms with Gasteiger partial charge in [-0.3, -0.25) is 9.59 Å². The molecule has 1 fully saturated rings. The van der Waals surface area contributed by atoms with Gasteiger partial charge in [0.15, 0.2) is 5.76 Å². The first kappa shape index (κ1) is 17.7. The Kier molecular flexibility index (Phi) is 5.20. The van der Waals surface area contributed by atoms with Crippen molar-refractivity contribution in [1.82, 2.24) is 15.2 Å². The van der Waals surface area contributed by atoms with Gasteiger partial charge < -0.3 is 14.6 Å². The number of thiazole rings is 1. The van der Waals surface area contributed by atoms with E-state index in [1.165, 1.54) is 6.26 Å². The quantitative estimate of drug-likeness (QED) is 0.658. The fourth-order valence-corrected chi connectivity index (χ4v) is 4.55. The number of amides is 2. The highest BCUT2D eigenvalue weighted by Gasteiger charge is 2.31. The molecular formula is C20H21N3O3S. The summed E-state index contributed by atoms with van der Waals surface area (Å²) < 4.78 is 6.21. The molecule has 7 heteroatoms. The third-order valence-corrected chi connectivity index (χ3v) is 5.90. The van der Waals surface area contributed by atoms with Gasteiger partial charge in [0.05, 0.1) is 22.5 Å². The molecule has 1 saturated heterocycles. The number of carbonyl (C=O) groups excluding carboxylic acids is 2. The Labute approximate surface area is 161 Å². The van der Waals surface area contributed by atoms with E-state index in [2.05, 4.69) is 11.4 Å². The molecule has 140 valence electrons. The largest absolute Gasteiger partial charge is 0.459 e. The molecule has 6 nitrogen and oxygen atoms in total. The van der Waals surface area contributed by atoms with Gasteiger partial charge >= 0.3 is 0 Å². The van der Waals surface area contributed by atoms with E-state index in [0.29, 0.717) is 19.4 Å². The topological polar surface area (TPSA) is 75.4 Å². The molecule has 0 radical (unpaired) electrons. The van der Waals surface area contributed by atoms with Crippen LogP contribution in [0.4, 0.5) is 0 Å². The van der Waals surface area contributed by atoms with Gasteiger partial charge in [-0.05, 0) is 43.5 Å². The second kappa shape index (κ2) is 7.92. The molecule has 1 N–H and O–H groups in total. The molecule has 2 aromatic heterocycles. The van der Waals surface area contributed by atoms with Crippen LogP contribution in [0.2, 0.25) is 0 Å². The van der Waals surface area contributed by atoms with Crippen LogP contribution in [0.1, 0.15) is 47.3 Å². The average molecular weight is 383 g/mol. The van der Waals surface area contributed by atoms with E-state index in [4.69, 9.17) is 9.40 Å². The molecule has 1 aromatic carbocycles. The molecule has 27 heavy (non-hydrogen) atoms. The minimum Gasteiger partial charge on any atom is -0.459 e. The predicted molar refractivity (Wildman–Crippen MR) is 104 cm³/mol. The number of hydrogen-bond donors (Lipinski definition) is 1. The van der Waals surface area contributed by atoms with Crippen molar-refractivity contribution in [1.29, 1.82) is 0 Å². The van der Waals surface area contributed by atoms with Gasteiger partial charge in [-0.15, -0.1) is 11.3 Å². The van der Waals surface area contributed by atoms with Crippen LogP contribution in [-0.2, 0) is 4.79 Å². The van der Waals surface area contributed by atoms with Gasteiger partial charge in [-0.25, -0.2) is 4.98 Å². The van der Waals surface area contributed by atoms with Gasteiger partial charge in [0.2, 0.25) is 5.91 Å². The van der Waals surface area contributed by atoms with Gasteiger partial charge in [-0.1, -0.05) is 12.1 Å². The molecule has 0 aliphatic carbocycles. The van der Waals surface area contributed by atoms with E-state index in [9.17, 15) is 9.59 Å². The average Bonchev–Trinajstić information content (AvgIpc) is 3.43. The van der Waals surface area contributed by atoms with Crippen molar-refractivity contribution < 1.29 is 14.0 Å². The smallest absolute Gasteiger partial charge is 0.286 e. The zero-order valence-electron chi connectivity index (χ0n) is 14.9. The lowest BCUT2D eigenvalue weighted by atomic mass is 10.2. The normalized spacial score (nSPS) is 16.7. The van der Waals surface area contributed by atoms with E-state index in [-0.39, 0.29) is 23.6 Å². The highest BCUT2D eigenvalue weighted by atomic mass is 32.1. The molecule has 0 bridgehead atoms. The Morgan fingerprint density at radius 1 is 1.26 bits per heavy atom. The fraction of sp³-hybridized carbons (Fsp3) is 0.350. The number of benzene rings is 1. The first-order valence-electron chi connectivity index (χ1n) is 9.19. The van der Waals surface area contributed by atoms with Crippen LogP contribution in [0, 0.1) is 0 Å². The summed E-state index contributed by atoms with van der Waals surface area (Å²) in [5, 5.41) is 3.80. The predicted octanol–water partition coefficient (Wildman–Crippen LogP) is 3.76. The monoisotopic (exact) mass is 383 g/mol. The Morgan fingerprint density at radius 3 is 2.96 bits per heavy atom. The van der Waals surface area contributed by atoms with Crippen LogP contribution in [0.3, 0.4) is 0 Å². The highest BCUT2D eigenvalue weighted by molar-refractivity contribution is 7.18. The number of para-hydroxylation sites is 1. The van der Waals surface area contributed by atoms with E-state index in [0.717, 1.165) is 34.6 Å². The molecule has 0 saturated carbocycles. The van der Waals surface area contributed by atoms with Crippen molar-refractivity contribution in [2.75, 3.05) is 13.1 Å². The first-order valence-corrected chi connectivity index (χ1v) is 10.0. The second-order valence-electron chi connectivity index (χ2n) is 6.60. The summed E-state index contributed by atoms with van der Waals surface area (Å²) in [5.74, 6) is 0.168. The van der Waals surface area contributed by atoms with Crippen LogP contribution < -0.4 is 5.32 Å². The maximum absolute atomic E-state index is 12.7. The van der Waals surface area contributed by atoms with Gasteiger partial charge in [-0.2, -0.15) is 0 Å². The van der Waals surface area contributed by atoms with E-state index in [1.807, 2.05) is 23.1 Å². The summed E-state index contributed by atoms with van der Waals surface area (Å²) in [6.45, 7) is 1.23. The number of nitrogens with zero attached hydrogens (tertiary/aromatic N) is 2. The molecule has 1 aliphatic rings. The summed E-state index contributed by atoms with van der Waals surface area (Å²) >= 11 is 1.67. The standard InChI is InChI=1S/C20H21N3O3S/c24-18(10-3-11-21-19(25)16-8-5-13-26-16)23-12-4-7-15(23)20-22-14-6-1-2-9-17(14)27-20/h1-2,5-6,8-9,13,15H,3-4,7,10-12H2,(H,21,25). The van der Waals surface area contributed by atoms with Crippen molar-refractivity contribution in [2.45, 2.75) is 31.7 Å². The summed E-state index contributed by atoms with van der Waals surface area (Å²) in [7, 11) is 0. The number of likely N-dealkylation sites (tertiary alicyclic amines) is 1. The van der Waals surface area contributed by atoms with Crippen molar-refractivity contribution in [3.8, 4) is 0 Å². The number of carbonyl (C=O) groups is 2. The maximum atomic E-state index is 12.7. The van der Waals surface area contributed by atoms with Crippen LogP contribution in [0.5, 0.6) is 0 Å². The van der Waals surface area contributed by atoms with Gasteiger partial charge in [0, 0.05) is 19.5 Å². The first-order chi connectivity index (χ1) is 13.2. The minimum absolute atomic E-state index is 0.0765. The van der Waals surface area contributed by atoms with Gasteiger partial charge in [0.1, 0.15) is 5.01 Å². The number of rotatable bonds is 6. The van der Waals surface area contributed by atoms with Crippen LogP contribution in [0.25, 0.3) is 10.2 Å². The number of fused-ring (bicyclic) bond motifs is 1. The molecule has 3 heterocycles. The Balaban J connectivity index is 1.31. The van der Waals surface area contributed by atoms with Gasteiger partial charge in [0.25, 0.3) is 5.91 Å². The summed E-state index contributed by atoms with van der Waals surface area (Å²) in [5.41, 5.74) is 0.998. The molecule has 1 atom stereocenters. The SMILES string of the molecule is O=C(NCCCC(=O)N1CCCC1c1nc2ccccc2s1)c1ccco1. The second-order valence-corrected chi connectivity index (χ2v) is 7.66. The highest BCUT2D eigenvalue weighted by Crippen LogP contribution is 2.36. The van der Waals surface area contributed by atoms with E-state index < -0.39 is 0 Å². The molecule has 2 amide bonds. The maximum Gasteiger partial charge on any atom is 0.286 e. The molecule has 4 rings (SSSR count). The third kappa shape index (κ3) is 3.88. The third-order valence-electron chi connectivity index (χ3n) is 4.77. The van der Waals surface area contributed by atoms with Crippen LogP contribution in [0.15, 0.2) is 47.1 Å². The molecule has 1 unspecified atom stereocenters. The zero-order valence-corrected chi connectivity index (χ0v) is 15.7. The summed E-state index contributed by atoms with van der Waals surface area (Å²) in [4.78, 5) is 31.2. The zero-order chi connectivity index (χ0) is 18.6. The molecular weight excluding hydrogens is 362 g/mol. The summed E-state index contributed by atoms with van der Waals surface area (Å²) in [6.07, 6.45) is 4.45. The van der Waals surface area contributed by atoms with Crippen LogP contribution >= 0.6 is 11.3 Å². The van der Waals surface area contributed by atoms with Crippen molar-refractivity contribution >= 4 is 33.4 Å². The van der Waals surface area contributed by atoms with Crippen molar-refractivity contribution in [3.63, 3.8) is 0 Å². The van der Waals surface area contributed by atoms with Crippen LogP contribution in [-0.4, -0.2) is 34.8 Å². The lowest BCUT2D eigenvalue weighted by Crippen LogP contribution is -2.31.